The summed E-state index contributed by atoms with van der Waals surface area (Å²) in [6.07, 6.45) is 7.32. The summed E-state index contributed by atoms with van der Waals surface area (Å²) in [4.78, 5) is 21.4. The molecule has 0 saturated carbocycles. The second kappa shape index (κ2) is 9.43. The molecule has 3 aromatic rings. The van der Waals surface area contributed by atoms with Crippen molar-refractivity contribution in [2.45, 2.75) is 46.0 Å². The van der Waals surface area contributed by atoms with Gasteiger partial charge in [0, 0.05) is 40.7 Å². The average molecular weight is 435 g/mol. The number of nitrogens with zero attached hydrogens (tertiary/aromatic N) is 2. The van der Waals surface area contributed by atoms with Crippen LogP contribution in [-0.4, -0.2) is 27.7 Å². The van der Waals surface area contributed by atoms with Gasteiger partial charge in [-0.2, -0.15) is 0 Å². The van der Waals surface area contributed by atoms with Gasteiger partial charge in [0.25, 0.3) is 0 Å². The standard InChI is InChI=1S/C25H26N2O3S/c1-16-9-10-19(15-26-16)25-27-22(17(2)31-25)13-14-30-23-8-4-6-20-18(11-12-24(28)29)5-3-7-21(20)23/h4-6,8-10,15H,3,7,11-14H2,1-2H3,(H,28,29). The molecule has 4 rings (SSSR count). The number of carboxylic acids is 1. The summed E-state index contributed by atoms with van der Waals surface area (Å²) in [5.41, 5.74) is 6.53. The van der Waals surface area contributed by atoms with Gasteiger partial charge in [0.1, 0.15) is 10.8 Å². The van der Waals surface area contributed by atoms with Gasteiger partial charge in [-0.15, -0.1) is 11.3 Å². The molecule has 0 atom stereocenters. The molecule has 160 valence electrons. The molecule has 1 N–H and O–H groups in total. The van der Waals surface area contributed by atoms with Crippen LogP contribution >= 0.6 is 11.3 Å². The molecule has 0 amide bonds. The summed E-state index contributed by atoms with van der Waals surface area (Å²) < 4.78 is 6.18. The molecule has 0 radical (unpaired) electrons. The fourth-order valence-corrected chi connectivity index (χ4v) is 4.82. The number of ether oxygens (including phenoxy) is 1. The van der Waals surface area contributed by atoms with Crippen molar-refractivity contribution in [3.63, 3.8) is 0 Å². The SMILES string of the molecule is Cc1ccc(-c2nc(CCOc3cccc4c3CCC=C4CCC(=O)O)c(C)s2)cn1. The van der Waals surface area contributed by atoms with E-state index < -0.39 is 5.97 Å². The highest BCUT2D eigenvalue weighted by Gasteiger charge is 2.18. The van der Waals surface area contributed by atoms with Crippen LogP contribution in [0.5, 0.6) is 5.75 Å². The van der Waals surface area contributed by atoms with Crippen molar-refractivity contribution >= 4 is 22.9 Å². The normalized spacial score (nSPS) is 12.9. The van der Waals surface area contributed by atoms with Crippen LogP contribution in [0.15, 0.2) is 42.6 Å². The van der Waals surface area contributed by atoms with Crippen LogP contribution in [0.25, 0.3) is 16.1 Å². The van der Waals surface area contributed by atoms with E-state index in [-0.39, 0.29) is 6.42 Å². The zero-order valence-electron chi connectivity index (χ0n) is 17.9. The van der Waals surface area contributed by atoms with E-state index >= 15 is 0 Å². The number of rotatable bonds is 8. The monoisotopic (exact) mass is 434 g/mol. The molecule has 1 aromatic carbocycles. The number of fused-ring (bicyclic) bond motifs is 1. The van der Waals surface area contributed by atoms with Crippen molar-refractivity contribution < 1.29 is 14.6 Å². The van der Waals surface area contributed by atoms with Crippen LogP contribution in [0.1, 0.15) is 46.7 Å². The molecule has 2 heterocycles. The lowest BCUT2D eigenvalue weighted by Crippen LogP contribution is -2.08. The highest BCUT2D eigenvalue weighted by Crippen LogP contribution is 2.35. The van der Waals surface area contributed by atoms with Crippen LogP contribution in [0.2, 0.25) is 0 Å². The second-order valence-corrected chi connectivity index (χ2v) is 8.96. The topological polar surface area (TPSA) is 72.3 Å². The third-order valence-corrected chi connectivity index (χ3v) is 6.58. The lowest BCUT2D eigenvalue weighted by Gasteiger charge is -2.21. The van der Waals surface area contributed by atoms with E-state index in [4.69, 9.17) is 14.8 Å². The van der Waals surface area contributed by atoms with Gasteiger partial charge >= 0.3 is 5.97 Å². The molecule has 1 aliphatic rings. The molecule has 0 fully saturated rings. The van der Waals surface area contributed by atoms with Gasteiger partial charge < -0.3 is 9.84 Å². The summed E-state index contributed by atoms with van der Waals surface area (Å²) in [7, 11) is 0. The largest absolute Gasteiger partial charge is 0.493 e. The third kappa shape index (κ3) is 5.02. The van der Waals surface area contributed by atoms with Gasteiger partial charge in [0.2, 0.25) is 0 Å². The highest BCUT2D eigenvalue weighted by molar-refractivity contribution is 7.15. The van der Waals surface area contributed by atoms with Crippen LogP contribution in [0.3, 0.4) is 0 Å². The summed E-state index contributed by atoms with van der Waals surface area (Å²) in [5, 5.41) is 10.0. The van der Waals surface area contributed by atoms with E-state index in [1.807, 2.05) is 31.3 Å². The number of thiazole rings is 1. The number of aryl methyl sites for hydroxylation is 2. The number of hydrogen-bond acceptors (Lipinski definition) is 5. The Balaban J connectivity index is 1.43. The molecule has 2 aromatic heterocycles. The molecular formula is C25H26N2O3S. The summed E-state index contributed by atoms with van der Waals surface area (Å²) in [6.45, 7) is 4.63. The maximum atomic E-state index is 11.0. The first kappa shape index (κ1) is 21.2. The number of hydrogen-bond donors (Lipinski definition) is 1. The van der Waals surface area contributed by atoms with Crippen molar-refractivity contribution in [1.82, 2.24) is 9.97 Å². The average Bonchev–Trinajstić information content (AvgIpc) is 3.13. The van der Waals surface area contributed by atoms with Crippen LogP contribution in [0, 0.1) is 13.8 Å². The molecule has 0 spiro atoms. The lowest BCUT2D eigenvalue weighted by molar-refractivity contribution is -0.136. The van der Waals surface area contributed by atoms with Crippen LogP contribution < -0.4 is 4.74 Å². The highest BCUT2D eigenvalue weighted by atomic mass is 32.1. The van der Waals surface area contributed by atoms with E-state index in [1.165, 1.54) is 10.4 Å². The molecular weight excluding hydrogens is 408 g/mol. The molecule has 5 nitrogen and oxygen atoms in total. The zero-order chi connectivity index (χ0) is 21.8. The number of carbonyl (C=O) groups is 1. The maximum Gasteiger partial charge on any atom is 0.303 e. The Morgan fingerprint density at radius 3 is 2.84 bits per heavy atom. The Hall–Kier alpha value is -2.99. The minimum Gasteiger partial charge on any atom is -0.493 e. The fraction of sp³-hybridized carbons (Fsp3) is 0.320. The maximum absolute atomic E-state index is 11.0. The van der Waals surface area contributed by atoms with Crippen molar-refractivity contribution in [2.24, 2.45) is 0 Å². The second-order valence-electron chi connectivity index (χ2n) is 7.75. The van der Waals surface area contributed by atoms with E-state index in [9.17, 15) is 4.79 Å². The molecule has 0 unspecified atom stereocenters. The van der Waals surface area contributed by atoms with Gasteiger partial charge in [0.05, 0.1) is 12.3 Å². The van der Waals surface area contributed by atoms with E-state index in [1.54, 1.807) is 11.3 Å². The van der Waals surface area contributed by atoms with Crippen molar-refractivity contribution in [3.8, 4) is 16.3 Å². The Kier molecular flexibility index (Phi) is 6.47. The number of pyridine rings is 1. The molecule has 0 bridgehead atoms. The van der Waals surface area contributed by atoms with Crippen molar-refractivity contribution in [2.75, 3.05) is 6.61 Å². The van der Waals surface area contributed by atoms with Gasteiger partial charge in [-0.05, 0) is 62.4 Å². The zero-order valence-corrected chi connectivity index (χ0v) is 18.7. The Morgan fingerprint density at radius 1 is 1.19 bits per heavy atom. The minimum atomic E-state index is -0.764. The summed E-state index contributed by atoms with van der Waals surface area (Å²) >= 11 is 1.69. The van der Waals surface area contributed by atoms with E-state index in [2.05, 4.69) is 30.1 Å². The summed E-state index contributed by atoms with van der Waals surface area (Å²) in [6, 6.07) is 10.1. The number of carboxylic acid groups (broad SMARTS) is 1. The minimum absolute atomic E-state index is 0.151. The summed E-state index contributed by atoms with van der Waals surface area (Å²) in [5.74, 6) is 0.133. The van der Waals surface area contributed by atoms with Crippen LogP contribution in [-0.2, 0) is 17.6 Å². The van der Waals surface area contributed by atoms with Crippen molar-refractivity contribution in [1.29, 1.82) is 0 Å². The fourth-order valence-electron chi connectivity index (χ4n) is 3.87. The quantitative estimate of drug-likeness (QED) is 0.497. The molecule has 0 saturated heterocycles. The first-order valence-electron chi connectivity index (χ1n) is 10.6. The van der Waals surface area contributed by atoms with Gasteiger partial charge in [-0.1, -0.05) is 18.2 Å². The molecule has 6 heteroatoms. The van der Waals surface area contributed by atoms with E-state index in [0.29, 0.717) is 13.0 Å². The Labute approximate surface area is 186 Å². The number of aliphatic carboxylic acids is 1. The number of benzene rings is 1. The predicted octanol–water partition coefficient (Wildman–Crippen LogP) is 5.64. The predicted molar refractivity (Wildman–Crippen MR) is 124 cm³/mol. The van der Waals surface area contributed by atoms with Crippen LogP contribution in [0.4, 0.5) is 0 Å². The first-order chi connectivity index (χ1) is 15.0. The smallest absolute Gasteiger partial charge is 0.303 e. The molecule has 1 aliphatic carbocycles. The Morgan fingerprint density at radius 2 is 2.06 bits per heavy atom. The Bertz CT molecular complexity index is 1120. The third-order valence-electron chi connectivity index (χ3n) is 5.52. The van der Waals surface area contributed by atoms with Gasteiger partial charge in [-0.25, -0.2) is 4.98 Å². The number of allylic oxidation sites excluding steroid dienone is 2. The first-order valence-corrected chi connectivity index (χ1v) is 11.4. The lowest BCUT2D eigenvalue weighted by atomic mass is 9.88. The number of aromatic nitrogens is 2. The molecule has 31 heavy (non-hydrogen) atoms. The van der Waals surface area contributed by atoms with Gasteiger partial charge in [-0.3, -0.25) is 9.78 Å². The van der Waals surface area contributed by atoms with Gasteiger partial charge in [0.15, 0.2) is 0 Å². The van der Waals surface area contributed by atoms with Crippen molar-refractivity contribution in [3.05, 3.63) is 70.0 Å². The molecule has 0 aliphatic heterocycles. The van der Waals surface area contributed by atoms with E-state index in [0.717, 1.165) is 58.1 Å².